The van der Waals surface area contributed by atoms with E-state index in [-0.39, 0.29) is 11.4 Å². The van der Waals surface area contributed by atoms with Gasteiger partial charge in [0.15, 0.2) is 0 Å². The Bertz CT molecular complexity index is 238. The molecule has 3 nitrogen and oxygen atoms in total. The van der Waals surface area contributed by atoms with Crippen LogP contribution in [0.1, 0.15) is 27.2 Å². The molecule has 0 saturated heterocycles. The summed E-state index contributed by atoms with van der Waals surface area (Å²) in [5, 5.41) is 0. The smallest absolute Gasteiger partial charge is 0.315 e. The number of primary amides is 1. The zero-order valence-electron chi connectivity index (χ0n) is 8.63. The maximum Gasteiger partial charge on any atom is 0.315 e. The summed E-state index contributed by atoms with van der Waals surface area (Å²) in [6.45, 7) is 8.01. The molecular weight excluding hydrogens is 164 g/mol. The predicted molar refractivity (Wildman–Crippen MR) is 53.3 cm³/mol. The van der Waals surface area contributed by atoms with Crippen LogP contribution in [0.5, 0.6) is 0 Å². The van der Waals surface area contributed by atoms with E-state index in [1.54, 1.807) is 4.90 Å². The molecule has 2 N–H and O–H groups in total. The van der Waals surface area contributed by atoms with Gasteiger partial charge in [0.25, 0.3) is 0 Å². The van der Waals surface area contributed by atoms with E-state index in [4.69, 9.17) is 5.73 Å². The fourth-order valence-electron chi connectivity index (χ4n) is 1.55. The lowest BCUT2D eigenvalue weighted by molar-refractivity contribution is 0.209. The predicted octanol–water partition coefficient (Wildman–Crippen LogP) is 1.74. The molecular formula is C10H18N2O. The molecule has 0 radical (unpaired) electrons. The zero-order chi connectivity index (χ0) is 10.1. The lowest BCUT2D eigenvalue weighted by atomic mass is 9.83. The van der Waals surface area contributed by atoms with E-state index in [2.05, 4.69) is 26.8 Å². The van der Waals surface area contributed by atoms with Crippen molar-refractivity contribution in [2.45, 2.75) is 27.2 Å². The third-order valence-corrected chi connectivity index (χ3v) is 2.48. The van der Waals surface area contributed by atoms with Crippen LogP contribution in [-0.4, -0.2) is 24.0 Å². The number of carbonyl (C=O) groups is 1. The molecule has 0 aromatic rings. The van der Waals surface area contributed by atoms with Crippen LogP contribution in [0.2, 0.25) is 0 Å². The summed E-state index contributed by atoms with van der Waals surface area (Å²) in [4.78, 5) is 12.5. The molecule has 1 aliphatic heterocycles. The molecule has 0 aliphatic carbocycles. The van der Waals surface area contributed by atoms with E-state index in [0.29, 0.717) is 6.54 Å². The zero-order valence-corrected chi connectivity index (χ0v) is 8.63. The molecule has 0 aromatic carbocycles. The minimum Gasteiger partial charge on any atom is -0.351 e. The van der Waals surface area contributed by atoms with Gasteiger partial charge in [-0.25, -0.2) is 4.79 Å². The van der Waals surface area contributed by atoms with Crippen molar-refractivity contribution < 1.29 is 4.79 Å². The van der Waals surface area contributed by atoms with Crippen molar-refractivity contribution in [2.24, 2.45) is 11.1 Å². The molecule has 1 heterocycles. The van der Waals surface area contributed by atoms with Crippen LogP contribution < -0.4 is 5.73 Å². The maximum atomic E-state index is 10.8. The number of nitrogens with zero attached hydrogens (tertiary/aromatic N) is 1. The van der Waals surface area contributed by atoms with E-state index in [9.17, 15) is 4.79 Å². The van der Waals surface area contributed by atoms with Crippen molar-refractivity contribution in [3.63, 3.8) is 0 Å². The number of hydrogen-bond acceptors (Lipinski definition) is 1. The molecule has 3 heteroatoms. The molecule has 1 aliphatic rings. The summed E-state index contributed by atoms with van der Waals surface area (Å²) in [7, 11) is 0. The topological polar surface area (TPSA) is 46.3 Å². The number of nitrogens with two attached hydrogens (primary N) is 1. The lowest BCUT2D eigenvalue weighted by Gasteiger charge is -2.31. The maximum absolute atomic E-state index is 10.8. The van der Waals surface area contributed by atoms with Crippen molar-refractivity contribution in [2.75, 3.05) is 13.1 Å². The van der Waals surface area contributed by atoms with E-state index >= 15 is 0 Å². The first-order valence-corrected chi connectivity index (χ1v) is 4.65. The first kappa shape index (κ1) is 10.1. The van der Waals surface area contributed by atoms with Gasteiger partial charge in [0.05, 0.1) is 0 Å². The number of urea groups is 1. The summed E-state index contributed by atoms with van der Waals surface area (Å²) >= 11 is 0. The van der Waals surface area contributed by atoms with Crippen LogP contribution in [0.4, 0.5) is 4.79 Å². The van der Waals surface area contributed by atoms with Gasteiger partial charge in [0.1, 0.15) is 0 Å². The second-order valence-electron chi connectivity index (χ2n) is 4.51. The summed E-state index contributed by atoms with van der Waals surface area (Å²) < 4.78 is 0. The number of amides is 2. The molecule has 2 amide bonds. The first-order valence-electron chi connectivity index (χ1n) is 4.65. The monoisotopic (exact) mass is 182 g/mol. The number of rotatable bonds is 0. The van der Waals surface area contributed by atoms with Crippen LogP contribution in [0.3, 0.4) is 0 Å². The highest BCUT2D eigenvalue weighted by atomic mass is 16.2. The van der Waals surface area contributed by atoms with Gasteiger partial charge in [-0.2, -0.15) is 0 Å². The molecule has 0 spiro atoms. The number of carbonyl (C=O) groups excluding carboxylic acids is 1. The van der Waals surface area contributed by atoms with Gasteiger partial charge in [-0.15, -0.1) is 0 Å². The molecule has 13 heavy (non-hydrogen) atoms. The van der Waals surface area contributed by atoms with Crippen molar-refractivity contribution in [1.29, 1.82) is 0 Å². The minimum atomic E-state index is -0.316. The molecule has 0 atom stereocenters. The van der Waals surface area contributed by atoms with Gasteiger partial charge in [0, 0.05) is 13.1 Å². The molecule has 0 saturated carbocycles. The fraction of sp³-hybridized carbons (Fsp3) is 0.700. The Kier molecular flexibility index (Phi) is 2.64. The average Bonchev–Trinajstić information content (AvgIpc) is 2.03. The van der Waals surface area contributed by atoms with Gasteiger partial charge >= 0.3 is 6.03 Å². The third-order valence-electron chi connectivity index (χ3n) is 2.48. The van der Waals surface area contributed by atoms with Crippen LogP contribution in [0.15, 0.2) is 11.6 Å². The van der Waals surface area contributed by atoms with Gasteiger partial charge in [0.2, 0.25) is 0 Å². The summed E-state index contributed by atoms with van der Waals surface area (Å²) in [6.07, 6.45) is 3.07. The minimum absolute atomic E-state index is 0.226. The second-order valence-corrected chi connectivity index (χ2v) is 4.51. The molecule has 0 unspecified atom stereocenters. The Morgan fingerprint density at radius 1 is 1.54 bits per heavy atom. The largest absolute Gasteiger partial charge is 0.351 e. The van der Waals surface area contributed by atoms with E-state index in [1.807, 2.05) is 0 Å². The summed E-state index contributed by atoms with van der Waals surface area (Å²) in [5.74, 6) is 0. The average molecular weight is 182 g/mol. The molecule has 0 aromatic heterocycles. The van der Waals surface area contributed by atoms with Crippen molar-refractivity contribution in [1.82, 2.24) is 4.90 Å². The molecule has 0 fully saturated rings. The SMILES string of the molecule is CC(C)(C)C1=CCN(C(N)=O)CC1. The first-order chi connectivity index (χ1) is 5.91. The number of hydrogen-bond donors (Lipinski definition) is 1. The van der Waals surface area contributed by atoms with Gasteiger partial charge in [-0.1, -0.05) is 32.4 Å². The Hall–Kier alpha value is -0.990. The van der Waals surface area contributed by atoms with Gasteiger partial charge < -0.3 is 10.6 Å². The molecule has 1 rings (SSSR count). The van der Waals surface area contributed by atoms with Crippen LogP contribution in [-0.2, 0) is 0 Å². The van der Waals surface area contributed by atoms with E-state index in [1.165, 1.54) is 5.57 Å². The Labute approximate surface area is 79.6 Å². The summed E-state index contributed by atoms with van der Waals surface area (Å²) in [6, 6.07) is -0.316. The Morgan fingerprint density at radius 3 is 2.46 bits per heavy atom. The van der Waals surface area contributed by atoms with Crippen molar-refractivity contribution in [3.8, 4) is 0 Å². The highest BCUT2D eigenvalue weighted by Crippen LogP contribution is 2.29. The molecule has 74 valence electrons. The molecule has 0 bridgehead atoms. The Morgan fingerprint density at radius 2 is 2.15 bits per heavy atom. The highest BCUT2D eigenvalue weighted by molar-refractivity contribution is 5.72. The quantitative estimate of drug-likeness (QED) is 0.570. The van der Waals surface area contributed by atoms with E-state index < -0.39 is 0 Å². The fourth-order valence-corrected chi connectivity index (χ4v) is 1.55. The summed E-state index contributed by atoms with van der Waals surface area (Å²) in [5.41, 5.74) is 6.83. The second kappa shape index (κ2) is 3.40. The van der Waals surface area contributed by atoms with Crippen LogP contribution >= 0.6 is 0 Å². The van der Waals surface area contributed by atoms with Crippen molar-refractivity contribution in [3.05, 3.63) is 11.6 Å². The van der Waals surface area contributed by atoms with Gasteiger partial charge in [-0.05, 0) is 11.8 Å². The standard InChI is InChI=1S/C10H18N2O/c1-10(2,3)8-4-6-12(7-5-8)9(11)13/h4H,5-7H2,1-3H3,(H2,11,13). The lowest BCUT2D eigenvalue weighted by Crippen LogP contribution is -2.39. The van der Waals surface area contributed by atoms with E-state index in [0.717, 1.165) is 13.0 Å². The van der Waals surface area contributed by atoms with Crippen LogP contribution in [0.25, 0.3) is 0 Å². The Balaban J connectivity index is 2.63. The van der Waals surface area contributed by atoms with Gasteiger partial charge in [-0.3, -0.25) is 0 Å². The van der Waals surface area contributed by atoms with Crippen molar-refractivity contribution >= 4 is 6.03 Å². The van der Waals surface area contributed by atoms with Crippen LogP contribution in [0, 0.1) is 5.41 Å². The normalized spacial score (nSPS) is 18.4. The third kappa shape index (κ3) is 2.47. The highest BCUT2D eigenvalue weighted by Gasteiger charge is 2.22.